The number of rotatable bonds is 6. The summed E-state index contributed by atoms with van der Waals surface area (Å²) in [5, 5.41) is 6.64. The molecule has 4 rings (SSSR count). The van der Waals surface area contributed by atoms with E-state index in [0.717, 1.165) is 37.1 Å². The molecule has 0 saturated carbocycles. The first-order valence-electron chi connectivity index (χ1n) is 9.99. The van der Waals surface area contributed by atoms with Crippen LogP contribution in [0.1, 0.15) is 25.3 Å². The molecule has 2 heterocycles. The van der Waals surface area contributed by atoms with E-state index in [9.17, 15) is 0 Å². The van der Waals surface area contributed by atoms with Crippen LogP contribution in [0.3, 0.4) is 0 Å². The van der Waals surface area contributed by atoms with E-state index in [0.29, 0.717) is 5.95 Å². The maximum atomic E-state index is 4.56. The van der Waals surface area contributed by atoms with Gasteiger partial charge in [0.2, 0.25) is 5.95 Å². The van der Waals surface area contributed by atoms with Crippen molar-refractivity contribution < 1.29 is 0 Å². The molecule has 5 nitrogen and oxygen atoms in total. The first kappa shape index (κ1) is 18.3. The highest BCUT2D eigenvalue weighted by Gasteiger charge is 2.15. The van der Waals surface area contributed by atoms with E-state index < -0.39 is 0 Å². The smallest absolute Gasteiger partial charge is 0.229 e. The molecule has 5 heteroatoms. The van der Waals surface area contributed by atoms with Gasteiger partial charge in [-0.1, -0.05) is 37.3 Å². The maximum absolute atomic E-state index is 4.56. The van der Waals surface area contributed by atoms with Gasteiger partial charge in [0.05, 0.1) is 0 Å². The Morgan fingerprint density at radius 2 is 1.71 bits per heavy atom. The number of nitrogens with zero attached hydrogens (tertiary/aromatic N) is 3. The van der Waals surface area contributed by atoms with Gasteiger partial charge in [-0.15, -0.1) is 0 Å². The number of anilines is 4. The fraction of sp³-hybridized carbons (Fsp3) is 0.304. The molecule has 0 unspecified atom stereocenters. The van der Waals surface area contributed by atoms with Crippen molar-refractivity contribution in [3.8, 4) is 0 Å². The van der Waals surface area contributed by atoms with Crippen molar-refractivity contribution >= 4 is 23.1 Å². The zero-order chi connectivity index (χ0) is 19.2. The number of hydrogen-bond donors (Lipinski definition) is 2. The molecule has 0 radical (unpaired) electrons. The minimum atomic E-state index is 0.595. The largest absolute Gasteiger partial charge is 0.372 e. The van der Waals surface area contributed by atoms with Gasteiger partial charge in [-0.2, -0.15) is 4.98 Å². The highest BCUT2D eigenvalue weighted by atomic mass is 15.1. The maximum Gasteiger partial charge on any atom is 0.229 e. The Hall–Kier alpha value is -3.08. The lowest BCUT2D eigenvalue weighted by atomic mass is 9.99. The minimum Gasteiger partial charge on any atom is -0.372 e. The van der Waals surface area contributed by atoms with Gasteiger partial charge in [-0.3, -0.25) is 0 Å². The molecule has 2 aromatic carbocycles. The first-order valence-corrected chi connectivity index (χ1v) is 9.99. The third-order valence-corrected chi connectivity index (χ3v) is 5.24. The molecule has 28 heavy (non-hydrogen) atoms. The quantitative estimate of drug-likeness (QED) is 0.632. The lowest BCUT2D eigenvalue weighted by Gasteiger charge is -2.32. The highest BCUT2D eigenvalue weighted by Crippen LogP contribution is 2.25. The van der Waals surface area contributed by atoms with Crippen molar-refractivity contribution in [2.45, 2.75) is 26.3 Å². The zero-order valence-corrected chi connectivity index (χ0v) is 16.3. The molecule has 1 aromatic heterocycles. The molecule has 0 amide bonds. The van der Waals surface area contributed by atoms with Gasteiger partial charge in [0.1, 0.15) is 5.82 Å². The zero-order valence-electron chi connectivity index (χ0n) is 16.3. The molecule has 0 spiro atoms. The van der Waals surface area contributed by atoms with Crippen LogP contribution in [0.25, 0.3) is 0 Å². The Bertz CT molecular complexity index is 871. The molecular formula is C23H27N5. The Balaban J connectivity index is 1.36. The molecule has 0 aliphatic carbocycles. The van der Waals surface area contributed by atoms with Gasteiger partial charge in [-0.25, -0.2) is 4.98 Å². The Kier molecular flexibility index (Phi) is 5.71. The summed E-state index contributed by atoms with van der Waals surface area (Å²) >= 11 is 0. The van der Waals surface area contributed by atoms with Crippen molar-refractivity contribution in [3.05, 3.63) is 72.4 Å². The number of hydrogen-bond acceptors (Lipinski definition) is 5. The van der Waals surface area contributed by atoms with E-state index in [2.05, 4.69) is 68.8 Å². The minimum absolute atomic E-state index is 0.595. The second-order valence-corrected chi connectivity index (χ2v) is 7.45. The van der Waals surface area contributed by atoms with E-state index in [4.69, 9.17) is 0 Å². The average molecular weight is 374 g/mol. The van der Waals surface area contributed by atoms with Gasteiger partial charge in [0, 0.05) is 37.2 Å². The highest BCUT2D eigenvalue weighted by molar-refractivity contribution is 5.60. The van der Waals surface area contributed by atoms with Crippen LogP contribution < -0.4 is 15.5 Å². The second-order valence-electron chi connectivity index (χ2n) is 7.45. The number of nitrogens with one attached hydrogen (secondary N) is 2. The standard InChI is InChI=1S/C23H27N5/c1-18-12-15-28(16-13-18)21-9-7-20(8-10-21)26-23-24-14-11-22(27-23)25-17-19-5-3-2-4-6-19/h2-11,14,18H,12-13,15-17H2,1H3,(H2,24,25,26,27). The van der Waals surface area contributed by atoms with Crippen LogP contribution >= 0.6 is 0 Å². The van der Waals surface area contributed by atoms with Crippen LogP contribution in [0.2, 0.25) is 0 Å². The molecule has 1 aliphatic heterocycles. The summed E-state index contributed by atoms with van der Waals surface area (Å²) < 4.78 is 0. The summed E-state index contributed by atoms with van der Waals surface area (Å²) in [6, 6.07) is 20.7. The van der Waals surface area contributed by atoms with Crippen LogP contribution in [0.4, 0.5) is 23.1 Å². The summed E-state index contributed by atoms with van der Waals surface area (Å²) in [6.07, 6.45) is 4.32. The third-order valence-electron chi connectivity index (χ3n) is 5.24. The molecular weight excluding hydrogens is 346 g/mol. The summed E-state index contributed by atoms with van der Waals surface area (Å²) in [4.78, 5) is 11.4. The van der Waals surface area contributed by atoms with Crippen molar-refractivity contribution in [1.82, 2.24) is 9.97 Å². The number of benzene rings is 2. The van der Waals surface area contributed by atoms with Crippen molar-refractivity contribution in [2.24, 2.45) is 5.92 Å². The summed E-state index contributed by atoms with van der Waals surface area (Å²) in [7, 11) is 0. The van der Waals surface area contributed by atoms with Crippen molar-refractivity contribution in [2.75, 3.05) is 28.6 Å². The van der Waals surface area contributed by atoms with Crippen molar-refractivity contribution in [1.29, 1.82) is 0 Å². The molecule has 144 valence electrons. The topological polar surface area (TPSA) is 53.1 Å². The van der Waals surface area contributed by atoms with Crippen LogP contribution in [0.5, 0.6) is 0 Å². The number of aromatic nitrogens is 2. The molecule has 3 aromatic rings. The van der Waals surface area contributed by atoms with E-state index in [1.54, 1.807) is 6.20 Å². The second kappa shape index (κ2) is 8.74. The SMILES string of the molecule is CC1CCN(c2ccc(Nc3nccc(NCc4ccccc4)n3)cc2)CC1. The first-order chi connectivity index (χ1) is 13.8. The third kappa shape index (κ3) is 4.80. The monoisotopic (exact) mass is 373 g/mol. The van der Waals surface area contributed by atoms with Crippen molar-refractivity contribution in [3.63, 3.8) is 0 Å². The molecule has 0 atom stereocenters. The fourth-order valence-electron chi connectivity index (χ4n) is 3.46. The Morgan fingerprint density at radius 1 is 0.964 bits per heavy atom. The van der Waals surface area contributed by atoms with Gasteiger partial charge in [0.25, 0.3) is 0 Å². The summed E-state index contributed by atoms with van der Waals surface area (Å²) in [5.41, 5.74) is 3.50. The van der Waals surface area contributed by atoms with E-state index >= 15 is 0 Å². The van der Waals surface area contributed by atoms with Crippen LogP contribution in [-0.2, 0) is 6.54 Å². The predicted molar refractivity (Wildman–Crippen MR) is 116 cm³/mol. The van der Waals surface area contributed by atoms with Crippen LogP contribution in [0.15, 0.2) is 66.9 Å². The van der Waals surface area contributed by atoms with E-state index in [1.807, 2.05) is 24.3 Å². The van der Waals surface area contributed by atoms with Gasteiger partial charge in [0.15, 0.2) is 0 Å². The molecule has 1 saturated heterocycles. The van der Waals surface area contributed by atoms with Gasteiger partial charge >= 0.3 is 0 Å². The van der Waals surface area contributed by atoms with Crippen LogP contribution in [-0.4, -0.2) is 23.1 Å². The number of piperidine rings is 1. The summed E-state index contributed by atoms with van der Waals surface area (Å²) in [5.74, 6) is 2.25. The van der Waals surface area contributed by atoms with Gasteiger partial charge < -0.3 is 15.5 Å². The average Bonchev–Trinajstić information content (AvgIpc) is 2.75. The predicted octanol–water partition coefficient (Wildman–Crippen LogP) is 5.07. The Labute approximate surface area is 166 Å². The molecule has 1 fully saturated rings. The van der Waals surface area contributed by atoms with E-state index in [-0.39, 0.29) is 0 Å². The lowest BCUT2D eigenvalue weighted by molar-refractivity contribution is 0.438. The van der Waals surface area contributed by atoms with Crippen LogP contribution in [0, 0.1) is 5.92 Å². The Morgan fingerprint density at radius 3 is 2.46 bits per heavy atom. The molecule has 0 bridgehead atoms. The fourth-order valence-corrected chi connectivity index (χ4v) is 3.46. The van der Waals surface area contributed by atoms with E-state index in [1.165, 1.54) is 24.1 Å². The summed E-state index contributed by atoms with van der Waals surface area (Å²) in [6.45, 7) is 5.37. The molecule has 1 aliphatic rings. The van der Waals surface area contributed by atoms with Gasteiger partial charge in [-0.05, 0) is 54.7 Å². The lowest BCUT2D eigenvalue weighted by Crippen LogP contribution is -2.32. The molecule has 2 N–H and O–H groups in total. The normalized spacial score (nSPS) is 14.7.